The number of nitrogen functional groups attached to an aromatic ring is 1. The van der Waals surface area contributed by atoms with Crippen LogP contribution in [0.3, 0.4) is 0 Å². The Balaban J connectivity index is 1.58. The second kappa shape index (κ2) is 10.1. The summed E-state index contributed by atoms with van der Waals surface area (Å²) >= 11 is 0. The van der Waals surface area contributed by atoms with E-state index < -0.39 is 10.0 Å². The van der Waals surface area contributed by atoms with Crippen molar-refractivity contribution in [1.82, 2.24) is 13.8 Å². The third kappa shape index (κ3) is 4.82. The molecule has 37 heavy (non-hydrogen) atoms. The lowest BCUT2D eigenvalue weighted by Crippen LogP contribution is -2.14. The van der Waals surface area contributed by atoms with Gasteiger partial charge in [-0.3, -0.25) is 4.68 Å². The molecule has 6 nitrogen and oxygen atoms in total. The predicted molar refractivity (Wildman–Crippen MR) is 149 cm³/mol. The summed E-state index contributed by atoms with van der Waals surface area (Å²) in [6.45, 7) is 4.06. The molecule has 7 heteroatoms. The minimum atomic E-state index is -3.88. The second-order valence-corrected chi connectivity index (χ2v) is 11.1. The molecule has 2 heterocycles. The Hall–Kier alpha value is -4.10. The summed E-state index contributed by atoms with van der Waals surface area (Å²) in [5.74, 6) is 0.643. The number of anilines is 1. The molecule has 0 saturated heterocycles. The molecule has 2 aromatic carbocycles. The molecule has 4 aromatic rings. The van der Waals surface area contributed by atoms with Crippen LogP contribution in [0.25, 0.3) is 17.2 Å². The zero-order chi connectivity index (χ0) is 26.0. The molecule has 0 bridgehead atoms. The van der Waals surface area contributed by atoms with Crippen LogP contribution in [-0.2, 0) is 17.1 Å². The van der Waals surface area contributed by atoms with Gasteiger partial charge in [-0.05, 0) is 60.1 Å². The van der Waals surface area contributed by atoms with Gasteiger partial charge in [-0.15, -0.1) is 0 Å². The highest BCUT2D eigenvalue weighted by Gasteiger charge is 2.25. The van der Waals surface area contributed by atoms with Gasteiger partial charge in [-0.25, -0.2) is 12.4 Å². The van der Waals surface area contributed by atoms with Crippen molar-refractivity contribution in [3.05, 3.63) is 120 Å². The molecule has 0 aliphatic heterocycles. The quantitative estimate of drug-likeness (QED) is 0.301. The Morgan fingerprint density at radius 2 is 1.78 bits per heavy atom. The van der Waals surface area contributed by atoms with Gasteiger partial charge in [0.25, 0.3) is 10.0 Å². The van der Waals surface area contributed by atoms with Crippen molar-refractivity contribution in [2.24, 2.45) is 7.05 Å². The molecule has 0 amide bonds. The summed E-state index contributed by atoms with van der Waals surface area (Å²) in [5.41, 5.74) is 12.2. The van der Waals surface area contributed by atoms with Crippen LogP contribution in [0.4, 0.5) is 5.82 Å². The van der Waals surface area contributed by atoms with Crippen LogP contribution in [-0.4, -0.2) is 22.2 Å². The van der Waals surface area contributed by atoms with Crippen LogP contribution in [0.15, 0.2) is 114 Å². The summed E-state index contributed by atoms with van der Waals surface area (Å²) in [6, 6.07) is 18.9. The maximum Gasteiger partial charge on any atom is 0.269 e. The standard InChI is InChI=1S/C30H30N4O2S/c1-3-22(24-14-16-25(17-15-24)23-10-6-4-7-11-23)18-28-29(26-19-32-33(2)20-26)21-34(30(28)31)37(35,36)27-12-8-5-9-13-27/h3-14,18-21,25H,1,15-17,31H2,2H3/b22-18+. The van der Waals surface area contributed by atoms with Crippen molar-refractivity contribution in [2.75, 3.05) is 5.73 Å². The van der Waals surface area contributed by atoms with Gasteiger partial charge in [-0.2, -0.15) is 5.10 Å². The Morgan fingerprint density at radius 3 is 2.38 bits per heavy atom. The van der Waals surface area contributed by atoms with Crippen LogP contribution < -0.4 is 5.73 Å². The van der Waals surface area contributed by atoms with Gasteiger partial charge in [-0.1, -0.05) is 67.3 Å². The van der Waals surface area contributed by atoms with Crippen LogP contribution in [0.5, 0.6) is 0 Å². The molecule has 5 rings (SSSR count). The fourth-order valence-electron chi connectivity index (χ4n) is 4.92. The molecule has 0 fully saturated rings. The van der Waals surface area contributed by atoms with Crippen LogP contribution in [0, 0.1) is 0 Å². The van der Waals surface area contributed by atoms with Crippen LogP contribution >= 0.6 is 0 Å². The van der Waals surface area contributed by atoms with E-state index in [-0.39, 0.29) is 10.7 Å². The largest absolute Gasteiger partial charge is 0.384 e. The molecular weight excluding hydrogens is 480 g/mol. The molecule has 1 aliphatic carbocycles. The normalized spacial score (nSPS) is 16.4. The second-order valence-electron chi connectivity index (χ2n) is 9.27. The predicted octanol–water partition coefficient (Wildman–Crippen LogP) is 6.17. The highest BCUT2D eigenvalue weighted by atomic mass is 32.2. The molecule has 0 spiro atoms. The number of benzene rings is 2. The lowest BCUT2D eigenvalue weighted by atomic mass is 9.82. The highest BCUT2D eigenvalue weighted by Crippen LogP contribution is 2.38. The van der Waals surface area contributed by atoms with Crippen LogP contribution in [0.1, 0.15) is 36.3 Å². The molecule has 1 aliphatic rings. The number of rotatable bonds is 7. The van der Waals surface area contributed by atoms with Crippen molar-refractivity contribution >= 4 is 21.9 Å². The number of hydrogen-bond acceptors (Lipinski definition) is 4. The molecule has 1 unspecified atom stereocenters. The topological polar surface area (TPSA) is 82.9 Å². The number of hydrogen-bond donors (Lipinski definition) is 1. The van der Waals surface area contributed by atoms with E-state index in [2.05, 4.69) is 42.0 Å². The third-order valence-electron chi connectivity index (χ3n) is 6.94. The lowest BCUT2D eigenvalue weighted by molar-refractivity contribution is 0.588. The number of nitrogens with zero attached hydrogens (tertiary/aromatic N) is 3. The number of nitrogens with two attached hydrogens (primary N) is 1. The zero-order valence-corrected chi connectivity index (χ0v) is 21.6. The molecule has 2 aromatic heterocycles. The fraction of sp³-hybridized carbons (Fsp3) is 0.167. The average molecular weight is 511 g/mol. The van der Waals surface area contributed by atoms with Gasteiger partial charge >= 0.3 is 0 Å². The maximum absolute atomic E-state index is 13.5. The highest BCUT2D eigenvalue weighted by molar-refractivity contribution is 7.90. The van der Waals surface area contributed by atoms with Crippen molar-refractivity contribution < 1.29 is 8.42 Å². The molecular formula is C30H30N4O2S. The average Bonchev–Trinajstić information content (AvgIpc) is 3.51. The molecule has 0 saturated carbocycles. The van der Waals surface area contributed by atoms with Crippen molar-refractivity contribution in [2.45, 2.75) is 30.1 Å². The lowest BCUT2D eigenvalue weighted by Gasteiger charge is -2.23. The first kappa shape index (κ1) is 24.6. The van der Waals surface area contributed by atoms with E-state index in [0.29, 0.717) is 17.0 Å². The van der Waals surface area contributed by atoms with Gasteiger partial charge < -0.3 is 5.73 Å². The van der Waals surface area contributed by atoms with E-state index >= 15 is 0 Å². The first-order valence-corrected chi connectivity index (χ1v) is 13.7. The van der Waals surface area contributed by atoms with Gasteiger partial charge in [0, 0.05) is 36.1 Å². The summed E-state index contributed by atoms with van der Waals surface area (Å²) in [4.78, 5) is 0.177. The first-order valence-electron chi connectivity index (χ1n) is 12.3. The van der Waals surface area contributed by atoms with Gasteiger partial charge in [0.15, 0.2) is 0 Å². The monoisotopic (exact) mass is 510 g/mol. The van der Waals surface area contributed by atoms with Crippen molar-refractivity contribution in [1.29, 1.82) is 0 Å². The van der Waals surface area contributed by atoms with E-state index in [0.717, 1.165) is 34.4 Å². The van der Waals surface area contributed by atoms with E-state index in [1.54, 1.807) is 47.4 Å². The number of aryl methyl sites for hydroxylation is 1. The number of aromatic nitrogens is 3. The Kier molecular flexibility index (Phi) is 6.72. The summed E-state index contributed by atoms with van der Waals surface area (Å²) in [7, 11) is -2.06. The van der Waals surface area contributed by atoms with Gasteiger partial charge in [0.1, 0.15) is 5.82 Å². The van der Waals surface area contributed by atoms with E-state index in [1.165, 1.54) is 11.1 Å². The summed E-state index contributed by atoms with van der Waals surface area (Å²) in [6.07, 6.45) is 14.1. The molecule has 188 valence electrons. The summed E-state index contributed by atoms with van der Waals surface area (Å²) in [5, 5.41) is 4.28. The molecule has 1 atom stereocenters. The maximum atomic E-state index is 13.5. The van der Waals surface area contributed by atoms with Crippen molar-refractivity contribution in [3.63, 3.8) is 0 Å². The number of allylic oxidation sites excluding steroid dienone is 4. The third-order valence-corrected chi connectivity index (χ3v) is 8.63. The zero-order valence-electron chi connectivity index (χ0n) is 20.8. The Morgan fingerprint density at radius 1 is 1.08 bits per heavy atom. The Labute approximate surface area is 218 Å². The van der Waals surface area contributed by atoms with E-state index in [9.17, 15) is 8.42 Å². The summed E-state index contributed by atoms with van der Waals surface area (Å²) < 4.78 is 29.8. The van der Waals surface area contributed by atoms with Gasteiger partial charge in [0.05, 0.1) is 11.1 Å². The minimum Gasteiger partial charge on any atom is -0.384 e. The SMILES string of the molecule is C=C/C(=C\c1c(-c2cnn(C)c2)cn(S(=O)(=O)c2ccccc2)c1N)C1=CCC(c2ccccc2)CC1. The fourth-order valence-corrected chi connectivity index (χ4v) is 6.25. The van der Waals surface area contributed by atoms with E-state index in [1.807, 2.05) is 31.5 Å². The van der Waals surface area contributed by atoms with Crippen LogP contribution in [0.2, 0.25) is 0 Å². The van der Waals surface area contributed by atoms with Crippen molar-refractivity contribution in [3.8, 4) is 11.1 Å². The first-order chi connectivity index (χ1) is 17.9. The van der Waals surface area contributed by atoms with E-state index in [4.69, 9.17) is 5.73 Å². The smallest absolute Gasteiger partial charge is 0.269 e. The minimum absolute atomic E-state index is 0.153. The van der Waals surface area contributed by atoms with Gasteiger partial charge in [0.2, 0.25) is 0 Å². The molecule has 0 radical (unpaired) electrons. The Bertz CT molecular complexity index is 1590. The molecule has 2 N–H and O–H groups in total.